The van der Waals surface area contributed by atoms with Crippen LogP contribution in [0.4, 0.5) is 0 Å². The summed E-state index contributed by atoms with van der Waals surface area (Å²) in [6.07, 6.45) is 1.05. The van der Waals surface area contributed by atoms with E-state index in [1.54, 1.807) is 0 Å². The number of aliphatic hydroxyl groups is 1. The molecule has 1 heterocycles. The van der Waals surface area contributed by atoms with Gasteiger partial charge >= 0.3 is 5.97 Å². The molecule has 0 unspecified atom stereocenters. The van der Waals surface area contributed by atoms with E-state index in [1.165, 1.54) is 0 Å². The Labute approximate surface area is 71.8 Å². The quantitative estimate of drug-likeness (QED) is 0.619. The lowest BCUT2D eigenvalue weighted by Gasteiger charge is -2.21. The van der Waals surface area contributed by atoms with Gasteiger partial charge in [0.1, 0.15) is 0 Å². The minimum absolute atomic E-state index is 0.0208. The molecule has 0 saturated carbocycles. The van der Waals surface area contributed by atoms with Crippen LogP contribution in [-0.2, 0) is 4.79 Å². The van der Waals surface area contributed by atoms with Crippen molar-refractivity contribution in [3.05, 3.63) is 0 Å². The zero-order chi connectivity index (χ0) is 9.14. The number of carboxylic acids is 1. The lowest BCUT2D eigenvalue weighted by molar-refractivity contribution is -0.138. The van der Waals surface area contributed by atoms with Crippen LogP contribution in [0.5, 0.6) is 0 Å². The standard InChI is InChI=1S/C8H15NO3/c1-9-3-2-6(5-10)7(9)4-8(11)12/h6-7,10H,2-5H2,1H3,(H,11,12)/t6-,7+/m0/s1. The van der Waals surface area contributed by atoms with E-state index in [4.69, 9.17) is 10.2 Å². The Bertz CT molecular complexity index is 172. The van der Waals surface area contributed by atoms with Crippen LogP contribution in [0, 0.1) is 5.92 Å². The molecule has 0 aromatic heterocycles. The first-order valence-electron chi connectivity index (χ1n) is 4.18. The number of hydrogen-bond donors (Lipinski definition) is 2. The van der Waals surface area contributed by atoms with E-state index in [0.717, 1.165) is 13.0 Å². The first kappa shape index (κ1) is 9.48. The van der Waals surface area contributed by atoms with Crippen molar-refractivity contribution >= 4 is 5.97 Å². The summed E-state index contributed by atoms with van der Waals surface area (Å²) in [7, 11) is 1.91. The van der Waals surface area contributed by atoms with E-state index in [-0.39, 0.29) is 25.0 Å². The van der Waals surface area contributed by atoms with Gasteiger partial charge in [-0.05, 0) is 25.9 Å². The van der Waals surface area contributed by atoms with E-state index in [2.05, 4.69) is 0 Å². The maximum atomic E-state index is 10.5. The number of carbonyl (C=O) groups is 1. The van der Waals surface area contributed by atoms with Gasteiger partial charge in [-0.25, -0.2) is 0 Å². The van der Waals surface area contributed by atoms with Crippen molar-refractivity contribution in [2.45, 2.75) is 18.9 Å². The molecule has 0 bridgehead atoms. The molecule has 4 nitrogen and oxygen atoms in total. The minimum Gasteiger partial charge on any atom is -0.481 e. The highest BCUT2D eigenvalue weighted by Gasteiger charge is 2.32. The Morgan fingerprint density at radius 3 is 2.83 bits per heavy atom. The zero-order valence-corrected chi connectivity index (χ0v) is 7.23. The van der Waals surface area contributed by atoms with Gasteiger partial charge in [-0.15, -0.1) is 0 Å². The molecule has 1 fully saturated rings. The smallest absolute Gasteiger partial charge is 0.304 e. The van der Waals surface area contributed by atoms with Gasteiger partial charge < -0.3 is 15.1 Å². The van der Waals surface area contributed by atoms with Crippen LogP contribution in [0.3, 0.4) is 0 Å². The van der Waals surface area contributed by atoms with Gasteiger partial charge in [0.25, 0.3) is 0 Å². The van der Waals surface area contributed by atoms with Gasteiger partial charge in [0.2, 0.25) is 0 Å². The molecule has 70 valence electrons. The molecule has 0 aromatic rings. The fourth-order valence-electron chi connectivity index (χ4n) is 1.80. The third kappa shape index (κ3) is 1.95. The maximum Gasteiger partial charge on any atom is 0.304 e. The topological polar surface area (TPSA) is 60.8 Å². The molecule has 0 radical (unpaired) electrons. The lowest BCUT2D eigenvalue weighted by atomic mass is 9.99. The number of aliphatic hydroxyl groups excluding tert-OH is 1. The first-order valence-corrected chi connectivity index (χ1v) is 4.18. The van der Waals surface area contributed by atoms with Crippen LogP contribution in [0.15, 0.2) is 0 Å². The number of rotatable bonds is 3. The van der Waals surface area contributed by atoms with Crippen LogP contribution in [0.2, 0.25) is 0 Å². The van der Waals surface area contributed by atoms with Crippen LogP contribution in [0.1, 0.15) is 12.8 Å². The van der Waals surface area contributed by atoms with Crippen LogP contribution >= 0.6 is 0 Å². The summed E-state index contributed by atoms with van der Waals surface area (Å²) < 4.78 is 0. The van der Waals surface area contributed by atoms with Gasteiger partial charge in [-0.2, -0.15) is 0 Å². The molecule has 0 spiro atoms. The van der Waals surface area contributed by atoms with E-state index >= 15 is 0 Å². The van der Waals surface area contributed by atoms with Crippen molar-refractivity contribution in [2.24, 2.45) is 5.92 Å². The summed E-state index contributed by atoms with van der Waals surface area (Å²) in [5, 5.41) is 17.5. The van der Waals surface area contributed by atoms with Gasteiger partial charge in [-0.3, -0.25) is 4.79 Å². The second kappa shape index (κ2) is 3.87. The first-order chi connectivity index (χ1) is 5.65. The second-order valence-corrected chi connectivity index (χ2v) is 3.38. The van der Waals surface area contributed by atoms with Crippen molar-refractivity contribution in [2.75, 3.05) is 20.2 Å². The number of carboxylic acid groups (broad SMARTS) is 1. The van der Waals surface area contributed by atoms with E-state index in [0.29, 0.717) is 0 Å². The Morgan fingerprint density at radius 2 is 2.33 bits per heavy atom. The summed E-state index contributed by atoms with van der Waals surface area (Å²) >= 11 is 0. The predicted molar refractivity (Wildman–Crippen MR) is 43.9 cm³/mol. The molecule has 12 heavy (non-hydrogen) atoms. The monoisotopic (exact) mass is 173 g/mol. The third-order valence-electron chi connectivity index (χ3n) is 2.58. The normalized spacial score (nSPS) is 30.8. The van der Waals surface area contributed by atoms with E-state index in [9.17, 15) is 4.79 Å². The average molecular weight is 173 g/mol. The average Bonchev–Trinajstić information content (AvgIpc) is 2.32. The fourth-order valence-corrected chi connectivity index (χ4v) is 1.80. The fraction of sp³-hybridized carbons (Fsp3) is 0.875. The maximum absolute atomic E-state index is 10.5. The van der Waals surface area contributed by atoms with Gasteiger partial charge in [0, 0.05) is 12.6 Å². The highest BCUT2D eigenvalue weighted by Crippen LogP contribution is 2.24. The number of aliphatic carboxylic acids is 1. The highest BCUT2D eigenvalue weighted by atomic mass is 16.4. The zero-order valence-electron chi connectivity index (χ0n) is 7.23. The summed E-state index contributed by atoms with van der Waals surface area (Å²) in [5.41, 5.74) is 0. The molecule has 0 aromatic carbocycles. The molecule has 2 atom stereocenters. The molecule has 1 aliphatic rings. The Kier molecular flexibility index (Phi) is 3.05. The summed E-state index contributed by atoms with van der Waals surface area (Å²) in [6, 6.07) is 0.0208. The van der Waals surface area contributed by atoms with Gasteiger partial charge in [0.15, 0.2) is 0 Å². The summed E-state index contributed by atoms with van der Waals surface area (Å²) in [4.78, 5) is 12.5. The number of hydrogen-bond acceptors (Lipinski definition) is 3. The lowest BCUT2D eigenvalue weighted by Crippen LogP contribution is -2.33. The van der Waals surface area contributed by atoms with Crippen molar-refractivity contribution in [3.63, 3.8) is 0 Å². The Morgan fingerprint density at radius 1 is 1.67 bits per heavy atom. The van der Waals surface area contributed by atoms with Crippen molar-refractivity contribution in [3.8, 4) is 0 Å². The highest BCUT2D eigenvalue weighted by molar-refractivity contribution is 5.67. The molecule has 1 rings (SSSR count). The summed E-state index contributed by atoms with van der Waals surface area (Å²) in [6.45, 7) is 0.992. The van der Waals surface area contributed by atoms with Crippen molar-refractivity contribution in [1.29, 1.82) is 0 Å². The van der Waals surface area contributed by atoms with Crippen LogP contribution in [-0.4, -0.2) is 47.3 Å². The van der Waals surface area contributed by atoms with Gasteiger partial charge in [-0.1, -0.05) is 0 Å². The molecule has 1 aliphatic heterocycles. The van der Waals surface area contributed by atoms with Crippen molar-refractivity contribution < 1.29 is 15.0 Å². The Balaban J connectivity index is 2.51. The van der Waals surface area contributed by atoms with Crippen LogP contribution < -0.4 is 0 Å². The molecular weight excluding hydrogens is 158 g/mol. The molecule has 0 amide bonds. The predicted octanol–water partition coefficient (Wildman–Crippen LogP) is -0.226. The molecule has 4 heteroatoms. The minimum atomic E-state index is -0.785. The molecule has 1 saturated heterocycles. The number of nitrogens with zero attached hydrogens (tertiary/aromatic N) is 1. The van der Waals surface area contributed by atoms with E-state index in [1.807, 2.05) is 11.9 Å². The molecule has 0 aliphatic carbocycles. The molecule has 2 N–H and O–H groups in total. The van der Waals surface area contributed by atoms with Crippen LogP contribution in [0.25, 0.3) is 0 Å². The van der Waals surface area contributed by atoms with Crippen molar-refractivity contribution in [1.82, 2.24) is 4.90 Å². The SMILES string of the molecule is CN1CC[C@@H](CO)[C@H]1CC(=O)O. The third-order valence-corrected chi connectivity index (χ3v) is 2.58. The largest absolute Gasteiger partial charge is 0.481 e. The molecular formula is C8H15NO3. The number of likely N-dealkylation sites (tertiary alicyclic amines) is 1. The summed E-state index contributed by atoms with van der Waals surface area (Å²) in [5.74, 6) is -0.640. The van der Waals surface area contributed by atoms with E-state index < -0.39 is 5.97 Å². The second-order valence-electron chi connectivity index (χ2n) is 3.38. The Hall–Kier alpha value is -0.610. The van der Waals surface area contributed by atoms with Gasteiger partial charge in [0.05, 0.1) is 6.42 Å².